The number of carbonyl (C=O) groups is 3. The fourth-order valence-electron chi connectivity index (χ4n) is 3.77. The van der Waals surface area contributed by atoms with Crippen molar-refractivity contribution in [2.75, 3.05) is 5.75 Å². The maximum absolute atomic E-state index is 12.7. The Bertz CT molecular complexity index is 789. The summed E-state index contributed by atoms with van der Waals surface area (Å²) < 4.78 is 0. The number of amides is 2. The van der Waals surface area contributed by atoms with Crippen molar-refractivity contribution in [2.24, 2.45) is 5.92 Å². The number of hydrogen-bond donors (Lipinski definition) is 2. The van der Waals surface area contributed by atoms with Crippen LogP contribution in [0.1, 0.15) is 38.7 Å². The van der Waals surface area contributed by atoms with Crippen molar-refractivity contribution < 1.29 is 19.5 Å². The van der Waals surface area contributed by atoms with Gasteiger partial charge in [-0.05, 0) is 23.5 Å². The van der Waals surface area contributed by atoms with Crippen molar-refractivity contribution >= 4 is 29.5 Å². The molecule has 2 amide bonds. The minimum atomic E-state index is -1.06. The summed E-state index contributed by atoms with van der Waals surface area (Å²) in [5.41, 5.74) is 1.82. The van der Waals surface area contributed by atoms with Gasteiger partial charge in [0.2, 0.25) is 5.91 Å². The van der Waals surface area contributed by atoms with E-state index in [-0.39, 0.29) is 29.3 Å². The number of nitrogens with one attached hydrogen (secondary N) is 1. The molecule has 0 saturated carbocycles. The maximum Gasteiger partial charge on any atom is 0.352 e. The Hall–Kier alpha value is -2.28. The van der Waals surface area contributed by atoms with E-state index in [0.717, 1.165) is 24.0 Å². The highest BCUT2D eigenvalue weighted by Crippen LogP contribution is 2.42. The molecule has 2 unspecified atom stereocenters. The Kier molecular flexibility index (Phi) is 6.44. The fourth-order valence-corrected chi connectivity index (χ4v) is 5.13. The molecule has 0 aromatic heterocycles. The Balaban J connectivity index is 1.70. The third kappa shape index (κ3) is 4.09. The van der Waals surface area contributed by atoms with Gasteiger partial charge >= 0.3 is 5.97 Å². The molecule has 7 heteroatoms. The molecule has 6 nitrogen and oxygen atoms in total. The molecular weight excluding hydrogens is 376 g/mol. The summed E-state index contributed by atoms with van der Waals surface area (Å²) in [7, 11) is 0. The van der Waals surface area contributed by atoms with Crippen molar-refractivity contribution in [1.82, 2.24) is 10.2 Å². The Labute approximate surface area is 169 Å². The van der Waals surface area contributed by atoms with Crippen LogP contribution in [0, 0.1) is 5.92 Å². The lowest BCUT2D eigenvalue weighted by Gasteiger charge is -2.49. The molecule has 1 saturated heterocycles. The van der Waals surface area contributed by atoms with Gasteiger partial charge in [0.05, 0.1) is 6.42 Å². The molecule has 1 aromatic rings. The first kappa shape index (κ1) is 20.5. The number of hydrogen-bond acceptors (Lipinski definition) is 4. The molecule has 2 aliphatic rings. The number of nitrogens with zero attached hydrogens (tertiary/aromatic N) is 1. The number of aliphatic carboxylic acids is 1. The van der Waals surface area contributed by atoms with Crippen molar-refractivity contribution in [3.05, 3.63) is 47.2 Å². The van der Waals surface area contributed by atoms with Crippen LogP contribution >= 0.6 is 11.8 Å². The average Bonchev–Trinajstić information content (AvgIpc) is 2.70. The van der Waals surface area contributed by atoms with Crippen LogP contribution in [0.4, 0.5) is 0 Å². The third-order valence-electron chi connectivity index (χ3n) is 5.46. The van der Waals surface area contributed by atoms with Crippen LogP contribution in [0.5, 0.6) is 0 Å². The van der Waals surface area contributed by atoms with Gasteiger partial charge in [0.15, 0.2) is 0 Å². The fraction of sp³-hybridized carbons (Fsp3) is 0.476. The molecule has 2 aliphatic heterocycles. The molecule has 1 aromatic carbocycles. The van der Waals surface area contributed by atoms with E-state index < -0.39 is 12.0 Å². The number of fused-ring (bicyclic) bond motifs is 1. The predicted molar refractivity (Wildman–Crippen MR) is 109 cm³/mol. The number of carboxylic acids is 1. The number of thioether (sulfide) groups is 1. The van der Waals surface area contributed by atoms with Gasteiger partial charge in [-0.2, -0.15) is 0 Å². The molecule has 1 fully saturated rings. The van der Waals surface area contributed by atoms with Crippen LogP contribution in [-0.2, 0) is 20.8 Å². The second-order valence-electron chi connectivity index (χ2n) is 7.26. The van der Waals surface area contributed by atoms with Gasteiger partial charge in [0.25, 0.3) is 5.91 Å². The molecular formula is C21H26N2O4S. The Morgan fingerprint density at radius 2 is 1.93 bits per heavy atom. The van der Waals surface area contributed by atoms with E-state index in [1.807, 2.05) is 30.3 Å². The Morgan fingerprint density at radius 3 is 2.54 bits per heavy atom. The average molecular weight is 403 g/mol. The van der Waals surface area contributed by atoms with Gasteiger partial charge in [-0.1, -0.05) is 57.0 Å². The monoisotopic (exact) mass is 402 g/mol. The van der Waals surface area contributed by atoms with Crippen LogP contribution in [0.2, 0.25) is 0 Å². The van der Waals surface area contributed by atoms with Crippen LogP contribution in [0.15, 0.2) is 41.6 Å². The van der Waals surface area contributed by atoms with E-state index in [1.165, 1.54) is 16.7 Å². The molecule has 0 bridgehead atoms. The molecule has 0 spiro atoms. The van der Waals surface area contributed by atoms with E-state index in [4.69, 9.17) is 0 Å². The SMILES string of the molecule is CCC(CC)CC1=C(C(=O)O)N2C(=O)C(NC(=O)Cc3ccccc3)C2SC1. The minimum Gasteiger partial charge on any atom is -0.477 e. The number of benzene rings is 1. The predicted octanol–water partition coefficient (Wildman–Crippen LogP) is 2.79. The highest BCUT2D eigenvalue weighted by Gasteiger charge is 2.54. The van der Waals surface area contributed by atoms with Gasteiger partial charge in [0, 0.05) is 5.75 Å². The smallest absolute Gasteiger partial charge is 0.352 e. The number of β-lactam (4-membered cyclic amide) rings is 1. The topological polar surface area (TPSA) is 86.7 Å². The van der Waals surface area contributed by atoms with E-state index in [1.54, 1.807) is 0 Å². The molecule has 2 N–H and O–H groups in total. The summed E-state index contributed by atoms with van der Waals surface area (Å²) >= 11 is 1.53. The zero-order chi connectivity index (χ0) is 20.3. The first-order chi connectivity index (χ1) is 13.5. The largest absolute Gasteiger partial charge is 0.477 e. The van der Waals surface area contributed by atoms with Gasteiger partial charge in [-0.25, -0.2) is 4.79 Å². The lowest BCUT2D eigenvalue weighted by molar-refractivity contribution is -0.150. The summed E-state index contributed by atoms with van der Waals surface area (Å²) in [5.74, 6) is -0.628. The number of carboxylic acid groups (broad SMARTS) is 1. The highest BCUT2D eigenvalue weighted by molar-refractivity contribution is 8.00. The lowest BCUT2D eigenvalue weighted by atomic mass is 9.92. The van der Waals surface area contributed by atoms with Gasteiger partial charge in [-0.15, -0.1) is 11.8 Å². The van der Waals surface area contributed by atoms with Crippen LogP contribution in [0.3, 0.4) is 0 Å². The first-order valence-corrected chi connectivity index (χ1v) is 10.7. The van der Waals surface area contributed by atoms with E-state index >= 15 is 0 Å². The molecule has 150 valence electrons. The maximum atomic E-state index is 12.7. The van der Waals surface area contributed by atoms with Crippen LogP contribution in [0.25, 0.3) is 0 Å². The summed E-state index contributed by atoms with van der Waals surface area (Å²) in [6.07, 6.45) is 2.85. The molecule has 28 heavy (non-hydrogen) atoms. The number of rotatable bonds is 8. The molecule has 0 aliphatic carbocycles. The molecule has 2 atom stereocenters. The quantitative estimate of drug-likeness (QED) is 0.653. The zero-order valence-corrected chi connectivity index (χ0v) is 17.0. The van der Waals surface area contributed by atoms with Crippen molar-refractivity contribution in [3.8, 4) is 0 Å². The van der Waals surface area contributed by atoms with E-state index in [2.05, 4.69) is 19.2 Å². The summed E-state index contributed by atoms with van der Waals surface area (Å²) in [4.78, 5) is 38.2. The van der Waals surface area contributed by atoms with Crippen LogP contribution < -0.4 is 5.32 Å². The summed E-state index contributed by atoms with van der Waals surface area (Å²) in [6.45, 7) is 4.20. The summed E-state index contributed by atoms with van der Waals surface area (Å²) in [6, 6.07) is 8.66. The first-order valence-electron chi connectivity index (χ1n) is 9.69. The third-order valence-corrected chi connectivity index (χ3v) is 6.80. The Morgan fingerprint density at radius 1 is 1.25 bits per heavy atom. The van der Waals surface area contributed by atoms with Gasteiger partial charge in [-0.3, -0.25) is 14.5 Å². The zero-order valence-electron chi connectivity index (χ0n) is 16.2. The van der Waals surface area contributed by atoms with E-state index in [0.29, 0.717) is 18.1 Å². The van der Waals surface area contributed by atoms with Crippen molar-refractivity contribution in [2.45, 2.75) is 50.9 Å². The minimum absolute atomic E-state index is 0.120. The highest BCUT2D eigenvalue weighted by atomic mass is 32.2. The lowest BCUT2D eigenvalue weighted by Crippen LogP contribution is -2.70. The van der Waals surface area contributed by atoms with E-state index in [9.17, 15) is 19.5 Å². The summed E-state index contributed by atoms with van der Waals surface area (Å²) in [5, 5.41) is 12.2. The van der Waals surface area contributed by atoms with Gasteiger partial charge in [0.1, 0.15) is 17.1 Å². The molecule has 0 radical (unpaired) electrons. The second kappa shape index (κ2) is 8.82. The molecule has 3 rings (SSSR count). The van der Waals surface area contributed by atoms with Crippen LogP contribution in [-0.4, -0.2) is 45.0 Å². The standard InChI is InChI=1S/C21H26N2O4S/c1-3-13(4-2)10-15-12-28-20-17(19(25)23(20)18(15)21(26)27)22-16(24)11-14-8-6-5-7-9-14/h5-9,13,17,20H,3-4,10-12H2,1-2H3,(H,22,24)(H,26,27). The van der Waals surface area contributed by atoms with Gasteiger partial charge < -0.3 is 10.4 Å². The van der Waals surface area contributed by atoms with Crippen molar-refractivity contribution in [3.63, 3.8) is 0 Å². The second-order valence-corrected chi connectivity index (χ2v) is 8.37. The molecule has 2 heterocycles. The normalized spacial score (nSPS) is 21.4. The number of carbonyl (C=O) groups excluding carboxylic acids is 2. The van der Waals surface area contributed by atoms with Crippen molar-refractivity contribution in [1.29, 1.82) is 0 Å².